The van der Waals surface area contributed by atoms with E-state index in [0.29, 0.717) is 5.92 Å². The topological polar surface area (TPSA) is 30.5 Å². The lowest BCUT2D eigenvalue weighted by Gasteiger charge is -2.26. The monoisotopic (exact) mass is 235 g/mol. The maximum absolute atomic E-state index is 5.52. The Morgan fingerprint density at radius 1 is 1.24 bits per heavy atom. The predicted octanol–water partition coefficient (Wildman–Crippen LogP) is 2.48. The van der Waals surface area contributed by atoms with Crippen molar-refractivity contribution in [2.75, 3.05) is 27.3 Å². The maximum Gasteiger partial charge on any atom is 0.164 e. The first-order chi connectivity index (χ1) is 8.26. The third-order valence-electron chi connectivity index (χ3n) is 3.39. The molecule has 1 heterocycles. The third kappa shape index (κ3) is 2.55. The summed E-state index contributed by atoms with van der Waals surface area (Å²) < 4.78 is 10.9. The van der Waals surface area contributed by atoms with Crippen molar-refractivity contribution in [1.29, 1.82) is 0 Å². The van der Waals surface area contributed by atoms with Gasteiger partial charge in [0.2, 0.25) is 0 Å². The first kappa shape index (κ1) is 12.2. The summed E-state index contributed by atoms with van der Waals surface area (Å²) in [6.07, 6.45) is 2.44. The van der Waals surface area contributed by atoms with Crippen LogP contribution in [0.4, 0.5) is 0 Å². The second-order valence-electron chi connectivity index (χ2n) is 4.63. The van der Waals surface area contributed by atoms with E-state index in [1.807, 2.05) is 6.07 Å². The van der Waals surface area contributed by atoms with Crippen molar-refractivity contribution in [3.8, 4) is 11.5 Å². The SMILES string of the molecule is COc1cc(C)cc(C2CCCNC2)c1OC. The molecule has 1 aromatic rings. The fraction of sp³-hybridized carbons (Fsp3) is 0.571. The molecular formula is C14H21NO2. The Hall–Kier alpha value is -1.22. The largest absolute Gasteiger partial charge is 0.493 e. The van der Waals surface area contributed by atoms with Crippen LogP contribution in [-0.4, -0.2) is 27.3 Å². The first-order valence-corrected chi connectivity index (χ1v) is 6.19. The van der Waals surface area contributed by atoms with Gasteiger partial charge in [-0.25, -0.2) is 0 Å². The van der Waals surface area contributed by atoms with E-state index in [-0.39, 0.29) is 0 Å². The Kier molecular flexibility index (Phi) is 3.89. The zero-order valence-electron chi connectivity index (χ0n) is 10.9. The first-order valence-electron chi connectivity index (χ1n) is 6.19. The van der Waals surface area contributed by atoms with Gasteiger partial charge in [-0.2, -0.15) is 0 Å². The molecule has 0 bridgehead atoms. The summed E-state index contributed by atoms with van der Waals surface area (Å²) in [4.78, 5) is 0. The minimum Gasteiger partial charge on any atom is -0.493 e. The van der Waals surface area contributed by atoms with Crippen molar-refractivity contribution >= 4 is 0 Å². The summed E-state index contributed by atoms with van der Waals surface area (Å²) in [6.45, 7) is 4.26. The molecule has 3 heteroatoms. The molecule has 1 N–H and O–H groups in total. The van der Waals surface area contributed by atoms with Crippen molar-refractivity contribution in [2.45, 2.75) is 25.7 Å². The minimum atomic E-state index is 0.535. The molecule has 1 saturated heterocycles. The molecule has 1 aliphatic heterocycles. The number of nitrogens with one attached hydrogen (secondary N) is 1. The van der Waals surface area contributed by atoms with Crippen LogP contribution in [0.1, 0.15) is 29.9 Å². The molecule has 94 valence electrons. The van der Waals surface area contributed by atoms with Crippen LogP contribution in [0, 0.1) is 6.92 Å². The van der Waals surface area contributed by atoms with Crippen molar-refractivity contribution in [2.24, 2.45) is 0 Å². The average molecular weight is 235 g/mol. The standard InChI is InChI=1S/C14H21NO2/c1-10-7-12(11-5-4-6-15-9-11)14(17-3)13(8-10)16-2/h7-8,11,15H,4-6,9H2,1-3H3. The third-order valence-corrected chi connectivity index (χ3v) is 3.39. The summed E-state index contributed by atoms with van der Waals surface area (Å²) in [5.74, 6) is 2.27. The highest BCUT2D eigenvalue weighted by molar-refractivity contribution is 5.51. The minimum absolute atomic E-state index is 0.535. The maximum atomic E-state index is 5.52. The molecule has 0 spiro atoms. The van der Waals surface area contributed by atoms with Crippen LogP contribution in [0.25, 0.3) is 0 Å². The highest BCUT2D eigenvalue weighted by Gasteiger charge is 2.21. The van der Waals surface area contributed by atoms with Crippen LogP contribution in [0.5, 0.6) is 11.5 Å². The number of hydrogen-bond acceptors (Lipinski definition) is 3. The Morgan fingerprint density at radius 2 is 2.06 bits per heavy atom. The van der Waals surface area contributed by atoms with Crippen molar-refractivity contribution in [1.82, 2.24) is 5.32 Å². The van der Waals surface area contributed by atoms with Crippen molar-refractivity contribution < 1.29 is 9.47 Å². The van der Waals surface area contributed by atoms with Gasteiger partial charge in [0.15, 0.2) is 11.5 Å². The zero-order chi connectivity index (χ0) is 12.3. The van der Waals surface area contributed by atoms with Crippen LogP contribution in [0.15, 0.2) is 12.1 Å². The Morgan fingerprint density at radius 3 is 2.65 bits per heavy atom. The van der Waals surface area contributed by atoms with Crippen LogP contribution in [0.3, 0.4) is 0 Å². The molecule has 3 nitrogen and oxygen atoms in total. The quantitative estimate of drug-likeness (QED) is 0.873. The number of aryl methyl sites for hydroxylation is 1. The molecule has 0 saturated carbocycles. The lowest BCUT2D eigenvalue weighted by molar-refractivity contribution is 0.344. The Labute approximate surface area is 103 Å². The molecule has 1 aliphatic rings. The van der Waals surface area contributed by atoms with Crippen LogP contribution in [-0.2, 0) is 0 Å². The van der Waals surface area contributed by atoms with E-state index >= 15 is 0 Å². The van der Waals surface area contributed by atoms with E-state index in [4.69, 9.17) is 9.47 Å². The molecule has 17 heavy (non-hydrogen) atoms. The zero-order valence-corrected chi connectivity index (χ0v) is 10.9. The van der Waals surface area contributed by atoms with Gasteiger partial charge in [-0.1, -0.05) is 6.07 Å². The number of hydrogen-bond donors (Lipinski definition) is 1. The van der Waals surface area contributed by atoms with Crippen LogP contribution in [0.2, 0.25) is 0 Å². The molecule has 1 fully saturated rings. The summed E-state index contributed by atoms with van der Waals surface area (Å²) in [5, 5.41) is 3.45. The van der Waals surface area contributed by atoms with E-state index in [1.165, 1.54) is 24.0 Å². The molecule has 0 amide bonds. The fourth-order valence-electron chi connectivity index (χ4n) is 2.56. The molecule has 1 aromatic carbocycles. The lowest BCUT2D eigenvalue weighted by Crippen LogP contribution is -2.28. The molecular weight excluding hydrogens is 214 g/mol. The molecule has 1 unspecified atom stereocenters. The summed E-state index contributed by atoms with van der Waals surface area (Å²) >= 11 is 0. The van der Waals surface area contributed by atoms with Crippen LogP contribution < -0.4 is 14.8 Å². The molecule has 0 aliphatic carbocycles. The van der Waals surface area contributed by atoms with E-state index in [9.17, 15) is 0 Å². The van der Waals surface area contributed by atoms with Crippen molar-refractivity contribution in [3.63, 3.8) is 0 Å². The van der Waals surface area contributed by atoms with Gasteiger partial charge >= 0.3 is 0 Å². The second kappa shape index (κ2) is 5.41. The van der Waals surface area contributed by atoms with Gasteiger partial charge in [-0.3, -0.25) is 0 Å². The highest BCUT2D eigenvalue weighted by atomic mass is 16.5. The van der Waals surface area contributed by atoms with Crippen LogP contribution >= 0.6 is 0 Å². The normalized spacial score (nSPS) is 20.1. The van der Waals surface area contributed by atoms with Crippen molar-refractivity contribution in [3.05, 3.63) is 23.3 Å². The van der Waals surface area contributed by atoms with Gasteiger partial charge in [0, 0.05) is 18.0 Å². The highest BCUT2D eigenvalue weighted by Crippen LogP contribution is 2.38. The van der Waals surface area contributed by atoms with E-state index in [2.05, 4.69) is 18.3 Å². The van der Waals surface area contributed by atoms with Gasteiger partial charge in [-0.05, 0) is 37.9 Å². The summed E-state index contributed by atoms with van der Waals surface area (Å²) in [6, 6.07) is 4.25. The number of rotatable bonds is 3. The number of methoxy groups -OCH3 is 2. The number of piperidine rings is 1. The van der Waals surface area contributed by atoms with Gasteiger partial charge in [0.1, 0.15) is 0 Å². The smallest absolute Gasteiger partial charge is 0.164 e. The Bertz CT molecular complexity index is 384. The summed E-state index contributed by atoms with van der Waals surface area (Å²) in [5.41, 5.74) is 2.50. The van der Waals surface area contributed by atoms with Gasteiger partial charge in [0.25, 0.3) is 0 Å². The van der Waals surface area contributed by atoms with Gasteiger partial charge in [-0.15, -0.1) is 0 Å². The molecule has 0 radical (unpaired) electrons. The molecule has 1 atom stereocenters. The predicted molar refractivity (Wildman–Crippen MR) is 69.1 cm³/mol. The fourth-order valence-corrected chi connectivity index (χ4v) is 2.56. The van der Waals surface area contributed by atoms with Gasteiger partial charge in [0.05, 0.1) is 14.2 Å². The average Bonchev–Trinajstić information content (AvgIpc) is 2.38. The number of benzene rings is 1. The lowest BCUT2D eigenvalue weighted by atomic mass is 9.89. The van der Waals surface area contributed by atoms with Gasteiger partial charge < -0.3 is 14.8 Å². The molecule has 2 rings (SSSR count). The molecule has 0 aromatic heterocycles. The van der Waals surface area contributed by atoms with E-state index in [1.54, 1.807) is 14.2 Å². The Balaban J connectivity index is 2.39. The van der Waals surface area contributed by atoms with E-state index in [0.717, 1.165) is 24.6 Å². The number of ether oxygens (including phenoxy) is 2. The summed E-state index contributed by atoms with van der Waals surface area (Å²) in [7, 11) is 3.41. The second-order valence-corrected chi connectivity index (χ2v) is 4.63. The van der Waals surface area contributed by atoms with E-state index < -0.39 is 0 Å².